The molecule has 0 saturated carbocycles. The number of amides is 1. The highest BCUT2D eigenvalue weighted by atomic mass is 32.2. The molecular formula is C23H30N4O5S. The van der Waals surface area contributed by atoms with E-state index in [-0.39, 0.29) is 12.5 Å². The van der Waals surface area contributed by atoms with Crippen LogP contribution in [0.1, 0.15) is 46.3 Å². The molecule has 1 saturated heterocycles. The molecule has 0 spiro atoms. The quantitative estimate of drug-likeness (QED) is 0.580. The molecule has 1 atom stereocenters. The molecular weight excluding hydrogens is 444 g/mol. The van der Waals surface area contributed by atoms with E-state index in [1.54, 1.807) is 26.0 Å². The second kappa shape index (κ2) is 10.9. The Bertz CT molecular complexity index is 1080. The number of piperazine rings is 1. The highest BCUT2D eigenvalue weighted by Crippen LogP contribution is 2.23. The summed E-state index contributed by atoms with van der Waals surface area (Å²) in [4.78, 5) is 31.2. The van der Waals surface area contributed by atoms with Crippen LogP contribution in [0.15, 0.2) is 42.6 Å². The number of benzene rings is 1. The summed E-state index contributed by atoms with van der Waals surface area (Å²) in [6, 6.07) is 10.7. The van der Waals surface area contributed by atoms with E-state index < -0.39 is 21.2 Å². The van der Waals surface area contributed by atoms with Crippen molar-refractivity contribution in [3.05, 3.63) is 65.0 Å². The first-order valence-corrected chi connectivity index (χ1v) is 12.3. The van der Waals surface area contributed by atoms with Gasteiger partial charge in [-0.25, -0.2) is 17.9 Å². The average molecular weight is 475 g/mol. The minimum atomic E-state index is -3.65. The molecule has 1 aromatic carbocycles. The van der Waals surface area contributed by atoms with E-state index in [9.17, 15) is 18.0 Å². The fourth-order valence-electron chi connectivity index (χ4n) is 3.67. The summed E-state index contributed by atoms with van der Waals surface area (Å²) < 4.78 is 33.0. The topological polar surface area (TPSA) is 109 Å². The molecule has 9 nitrogen and oxygen atoms in total. The average Bonchev–Trinajstić information content (AvgIpc) is 2.82. The lowest BCUT2D eigenvalue weighted by Gasteiger charge is -2.34. The molecule has 33 heavy (non-hydrogen) atoms. The number of pyridine rings is 1. The molecule has 1 amide bonds. The molecule has 1 aliphatic heterocycles. The number of rotatable bonds is 8. The zero-order valence-electron chi connectivity index (χ0n) is 19.2. The Balaban J connectivity index is 1.59. The van der Waals surface area contributed by atoms with Gasteiger partial charge in [0, 0.05) is 45.8 Å². The molecule has 1 fully saturated rings. The Morgan fingerprint density at radius 3 is 2.48 bits per heavy atom. The zero-order chi connectivity index (χ0) is 24.0. The molecule has 0 bridgehead atoms. The lowest BCUT2D eigenvalue weighted by atomic mass is 10.1. The number of methoxy groups -OCH3 is 1. The van der Waals surface area contributed by atoms with Crippen molar-refractivity contribution in [2.45, 2.75) is 32.2 Å². The molecule has 10 heteroatoms. The number of sulfonamides is 1. The van der Waals surface area contributed by atoms with Crippen molar-refractivity contribution >= 4 is 21.9 Å². The van der Waals surface area contributed by atoms with Crippen molar-refractivity contribution < 1.29 is 22.7 Å². The van der Waals surface area contributed by atoms with Crippen molar-refractivity contribution in [3.8, 4) is 0 Å². The van der Waals surface area contributed by atoms with Crippen LogP contribution in [0.2, 0.25) is 0 Å². The molecule has 2 heterocycles. The Morgan fingerprint density at radius 1 is 1.15 bits per heavy atom. The fourth-order valence-corrected chi connectivity index (χ4v) is 4.77. The second-order valence-corrected chi connectivity index (χ2v) is 10.2. The van der Waals surface area contributed by atoms with Crippen LogP contribution in [-0.4, -0.2) is 68.4 Å². The molecule has 1 aromatic heterocycles. The summed E-state index contributed by atoms with van der Waals surface area (Å²) in [6.45, 7) is 6.96. The lowest BCUT2D eigenvalue weighted by molar-refractivity contribution is -0.130. The molecule has 2 aromatic rings. The Kier molecular flexibility index (Phi) is 8.17. The van der Waals surface area contributed by atoms with Crippen molar-refractivity contribution in [1.82, 2.24) is 19.5 Å². The van der Waals surface area contributed by atoms with E-state index in [0.717, 1.165) is 18.7 Å². The summed E-state index contributed by atoms with van der Waals surface area (Å²) in [5.74, 6) is -0.401. The molecule has 0 aliphatic carbocycles. The number of ether oxygens (including phenoxy) is 1. The number of carbonyl (C=O) groups excluding carboxylic acids is 2. The normalized spacial score (nSPS) is 15.8. The Morgan fingerprint density at radius 2 is 1.88 bits per heavy atom. The first-order chi connectivity index (χ1) is 15.7. The maximum atomic E-state index is 12.9. The van der Waals surface area contributed by atoms with E-state index in [0.29, 0.717) is 36.5 Å². The zero-order valence-corrected chi connectivity index (χ0v) is 20.0. The third-order valence-electron chi connectivity index (χ3n) is 5.81. The van der Waals surface area contributed by atoms with Crippen LogP contribution in [0, 0.1) is 0 Å². The fraction of sp³-hybridized carbons (Fsp3) is 0.435. The highest BCUT2D eigenvalue weighted by molar-refractivity contribution is 7.89. The summed E-state index contributed by atoms with van der Waals surface area (Å²) in [5, 5.41) is -0.749. The third-order valence-corrected chi connectivity index (χ3v) is 7.56. The van der Waals surface area contributed by atoms with E-state index in [2.05, 4.69) is 19.3 Å². The van der Waals surface area contributed by atoms with Gasteiger partial charge in [-0.3, -0.25) is 14.7 Å². The van der Waals surface area contributed by atoms with Gasteiger partial charge in [0.1, 0.15) is 0 Å². The van der Waals surface area contributed by atoms with Crippen LogP contribution in [0.5, 0.6) is 0 Å². The monoisotopic (exact) mass is 474 g/mol. The van der Waals surface area contributed by atoms with Gasteiger partial charge in [-0.15, -0.1) is 0 Å². The number of hydrogen-bond acceptors (Lipinski definition) is 7. The van der Waals surface area contributed by atoms with Gasteiger partial charge >= 0.3 is 5.97 Å². The van der Waals surface area contributed by atoms with Crippen molar-refractivity contribution in [2.24, 2.45) is 0 Å². The number of carbonyl (C=O) groups is 2. The minimum absolute atomic E-state index is 0.0221. The van der Waals surface area contributed by atoms with Gasteiger partial charge in [0.25, 0.3) is 0 Å². The van der Waals surface area contributed by atoms with E-state index >= 15 is 0 Å². The predicted octanol–water partition coefficient (Wildman–Crippen LogP) is 1.71. The van der Waals surface area contributed by atoms with Crippen LogP contribution in [0.25, 0.3) is 0 Å². The Labute approximate surface area is 194 Å². The number of aromatic nitrogens is 1. The van der Waals surface area contributed by atoms with Crippen molar-refractivity contribution in [2.75, 3.05) is 33.3 Å². The molecule has 1 N–H and O–H groups in total. The van der Waals surface area contributed by atoms with Crippen molar-refractivity contribution in [1.29, 1.82) is 0 Å². The van der Waals surface area contributed by atoms with E-state index in [1.165, 1.54) is 13.3 Å². The number of esters is 1. The van der Waals surface area contributed by atoms with Gasteiger partial charge in [0.2, 0.25) is 15.9 Å². The van der Waals surface area contributed by atoms with Crippen LogP contribution >= 0.6 is 0 Å². The minimum Gasteiger partial charge on any atom is -0.465 e. The lowest BCUT2D eigenvalue weighted by Crippen LogP contribution is -2.47. The highest BCUT2D eigenvalue weighted by Gasteiger charge is 2.23. The first kappa shape index (κ1) is 24.8. The summed E-state index contributed by atoms with van der Waals surface area (Å²) in [7, 11) is -2.36. The van der Waals surface area contributed by atoms with Crippen LogP contribution in [-0.2, 0) is 32.6 Å². The van der Waals surface area contributed by atoms with Gasteiger partial charge in [-0.05, 0) is 30.2 Å². The number of nitrogens with zero attached hydrogens (tertiary/aromatic N) is 3. The first-order valence-electron chi connectivity index (χ1n) is 10.8. The maximum absolute atomic E-state index is 12.9. The van der Waals surface area contributed by atoms with E-state index in [4.69, 9.17) is 0 Å². The summed E-state index contributed by atoms with van der Waals surface area (Å²) >= 11 is 0. The van der Waals surface area contributed by atoms with E-state index in [1.807, 2.05) is 29.2 Å². The second-order valence-electron chi connectivity index (χ2n) is 8.07. The van der Waals surface area contributed by atoms with Crippen LogP contribution < -0.4 is 4.72 Å². The number of nitrogens with one attached hydrogen (secondary N) is 1. The smallest absolute Gasteiger partial charge is 0.339 e. The summed E-state index contributed by atoms with van der Waals surface area (Å²) in [6.07, 6.45) is 1.36. The molecule has 1 aliphatic rings. The molecule has 3 rings (SSSR count). The van der Waals surface area contributed by atoms with Crippen LogP contribution in [0.3, 0.4) is 0 Å². The Hall–Kier alpha value is -2.82. The van der Waals surface area contributed by atoms with Gasteiger partial charge in [-0.1, -0.05) is 24.3 Å². The SMILES string of the molecule is COC(=O)c1ccc(CNS(=O)(=O)C(C)c2cccc(CN3CCN(C(C)=O)CC3)c2)nc1. The number of hydrogen-bond donors (Lipinski definition) is 1. The van der Waals surface area contributed by atoms with Crippen LogP contribution in [0.4, 0.5) is 0 Å². The molecule has 1 unspecified atom stereocenters. The van der Waals surface area contributed by atoms with Gasteiger partial charge in [0.05, 0.1) is 30.2 Å². The standard InChI is InChI=1S/C23H30N4O5S/c1-17(33(30,31)25-15-22-8-7-21(14-24-22)23(29)32-3)20-6-4-5-19(13-20)16-26-9-11-27(12-10-26)18(2)28/h4-8,13-14,17,25H,9-12,15-16H2,1-3H3. The van der Waals surface area contributed by atoms with Gasteiger partial charge in [-0.2, -0.15) is 0 Å². The van der Waals surface area contributed by atoms with Gasteiger partial charge in [0.15, 0.2) is 0 Å². The third kappa shape index (κ3) is 6.59. The van der Waals surface area contributed by atoms with Crippen molar-refractivity contribution in [3.63, 3.8) is 0 Å². The molecule has 178 valence electrons. The largest absolute Gasteiger partial charge is 0.465 e. The molecule has 0 radical (unpaired) electrons. The maximum Gasteiger partial charge on any atom is 0.339 e. The van der Waals surface area contributed by atoms with Gasteiger partial charge < -0.3 is 9.64 Å². The predicted molar refractivity (Wildman–Crippen MR) is 124 cm³/mol. The summed E-state index contributed by atoms with van der Waals surface area (Å²) in [5.41, 5.74) is 2.54.